The number of imidazole rings is 1. The molecular weight excluding hydrogens is 656 g/mol. The third-order valence-corrected chi connectivity index (χ3v) is 8.05. The predicted octanol–water partition coefficient (Wildman–Crippen LogP) is 4.34. The molecule has 1 amide bonds. The topological polar surface area (TPSA) is 189 Å². The first kappa shape index (κ1) is 37.6. The predicted molar refractivity (Wildman–Crippen MR) is 188 cm³/mol. The van der Waals surface area contributed by atoms with Crippen LogP contribution in [0.2, 0.25) is 0 Å². The van der Waals surface area contributed by atoms with Crippen LogP contribution in [0.25, 0.3) is 17.2 Å². The quantitative estimate of drug-likeness (QED) is 0.269. The van der Waals surface area contributed by atoms with E-state index in [-0.39, 0.29) is 12.2 Å². The smallest absolute Gasteiger partial charge is 0.408 e. The number of benzene rings is 1. The number of fused-ring (bicyclic) bond motifs is 2. The molecule has 2 aliphatic heterocycles. The molecule has 2 saturated heterocycles. The molecule has 3 aromatic rings. The fraction of sp³-hybridized carbons (Fsp3) is 0.556. The number of nitrogen functional groups attached to an aromatic ring is 1. The summed E-state index contributed by atoms with van der Waals surface area (Å²) in [4.78, 5) is 41.2. The van der Waals surface area contributed by atoms with Crippen molar-refractivity contribution >= 4 is 35.1 Å². The third-order valence-electron chi connectivity index (χ3n) is 8.05. The van der Waals surface area contributed by atoms with Crippen molar-refractivity contribution in [3.63, 3.8) is 0 Å². The monoisotopic (exact) mass is 704 g/mol. The first-order chi connectivity index (χ1) is 23.9. The second-order valence-electron chi connectivity index (χ2n) is 15.1. The number of ether oxygens (including phenoxy) is 5. The first-order valence-electron chi connectivity index (χ1n) is 17.0. The van der Waals surface area contributed by atoms with Crippen molar-refractivity contribution in [3.05, 3.63) is 54.1 Å². The number of alkyl carbamates (subject to hydrolysis) is 1. The summed E-state index contributed by atoms with van der Waals surface area (Å²) in [5, 5.41) is 11.9. The Morgan fingerprint density at radius 2 is 1.76 bits per heavy atom. The molecule has 15 nitrogen and oxygen atoms in total. The number of carbonyl (C=O) groups excluding carboxylic acids is 2. The highest BCUT2D eigenvalue weighted by atomic mass is 16.8. The zero-order chi connectivity index (χ0) is 37.1. The molecule has 15 heteroatoms. The number of aromatic nitrogens is 4. The normalized spacial score (nSPS) is 22.2. The highest BCUT2D eigenvalue weighted by molar-refractivity contribution is 5.82. The van der Waals surface area contributed by atoms with Crippen molar-refractivity contribution in [2.75, 3.05) is 25.4 Å². The molecule has 0 radical (unpaired) electrons. The van der Waals surface area contributed by atoms with E-state index in [2.05, 4.69) is 31.2 Å². The molecule has 0 spiro atoms. The van der Waals surface area contributed by atoms with Crippen LogP contribution in [-0.2, 0) is 28.5 Å². The zero-order valence-corrected chi connectivity index (χ0v) is 30.5. The van der Waals surface area contributed by atoms with Gasteiger partial charge in [-0.3, -0.25) is 9.47 Å². The van der Waals surface area contributed by atoms with Gasteiger partial charge in [0.25, 0.3) is 0 Å². The average Bonchev–Trinajstić information content (AvgIpc) is 3.69. The lowest BCUT2D eigenvalue weighted by Gasteiger charge is -2.30. The minimum absolute atomic E-state index is 0.217. The molecule has 2 aliphatic rings. The summed E-state index contributed by atoms with van der Waals surface area (Å²) in [5.74, 6) is -1.19. The minimum atomic E-state index is -0.985. The van der Waals surface area contributed by atoms with Crippen LogP contribution in [0, 0.1) is 11.3 Å². The summed E-state index contributed by atoms with van der Waals surface area (Å²) in [6.07, 6.45) is 4.41. The number of nitrogens with zero attached hydrogens (tertiary/aromatic N) is 6. The number of esters is 1. The molecular formula is C36H48N8O7. The number of nitrogens with two attached hydrogens (primary N) is 1. The summed E-state index contributed by atoms with van der Waals surface area (Å²) in [5.41, 5.74) is 7.01. The van der Waals surface area contributed by atoms with Crippen molar-refractivity contribution in [3.8, 4) is 6.07 Å². The van der Waals surface area contributed by atoms with Gasteiger partial charge in [0.1, 0.15) is 47.4 Å². The van der Waals surface area contributed by atoms with E-state index >= 15 is 0 Å². The van der Waals surface area contributed by atoms with Gasteiger partial charge in [-0.25, -0.2) is 24.5 Å². The van der Waals surface area contributed by atoms with Crippen LogP contribution in [-0.4, -0.2) is 97.5 Å². The lowest BCUT2D eigenvalue weighted by Crippen LogP contribution is -2.48. The van der Waals surface area contributed by atoms with Crippen LogP contribution in [0.15, 0.2) is 43.0 Å². The van der Waals surface area contributed by atoms with Crippen LogP contribution < -0.4 is 11.1 Å². The summed E-state index contributed by atoms with van der Waals surface area (Å²) < 4.78 is 32.4. The van der Waals surface area contributed by atoms with E-state index in [0.29, 0.717) is 36.4 Å². The molecule has 3 N–H and O–H groups in total. The number of nitriles is 1. The summed E-state index contributed by atoms with van der Waals surface area (Å²) in [6, 6.07) is 8.41. The molecule has 5 atom stereocenters. The van der Waals surface area contributed by atoms with Gasteiger partial charge in [0.05, 0.1) is 18.0 Å². The summed E-state index contributed by atoms with van der Waals surface area (Å²) >= 11 is 0. The van der Waals surface area contributed by atoms with E-state index in [1.165, 1.54) is 6.33 Å². The van der Waals surface area contributed by atoms with Gasteiger partial charge in [-0.1, -0.05) is 24.3 Å². The Labute approximate surface area is 298 Å². The SMILES string of the molecule is CC(C)(C)OC(=O)N[C@@H](CCN(C/C=C/c1ccc(C#N)cc1)C[C@H]1O[C@@H](n2cnc3c(N)ncnc32)[C@@H]2OC(C)(C)O[C@@H]21)C(=O)OC(C)(C)C. The first-order valence-corrected chi connectivity index (χ1v) is 17.0. The number of carbonyl (C=O) groups is 2. The van der Waals surface area contributed by atoms with Gasteiger partial charge in [0.2, 0.25) is 0 Å². The van der Waals surface area contributed by atoms with E-state index < -0.39 is 59.6 Å². The van der Waals surface area contributed by atoms with Gasteiger partial charge < -0.3 is 34.7 Å². The Kier molecular flexibility index (Phi) is 11.0. The van der Waals surface area contributed by atoms with Gasteiger partial charge in [-0.05, 0) is 79.5 Å². The number of rotatable bonds is 11. The van der Waals surface area contributed by atoms with Gasteiger partial charge in [-0.15, -0.1) is 0 Å². The van der Waals surface area contributed by atoms with Crippen LogP contribution in [0.3, 0.4) is 0 Å². The zero-order valence-electron chi connectivity index (χ0n) is 30.5. The van der Waals surface area contributed by atoms with E-state index in [1.807, 2.05) is 38.1 Å². The van der Waals surface area contributed by atoms with Crippen LogP contribution in [0.4, 0.5) is 10.6 Å². The number of nitrogens with one attached hydrogen (secondary N) is 1. The maximum absolute atomic E-state index is 13.4. The Hall–Kier alpha value is -4.62. The van der Waals surface area contributed by atoms with Gasteiger partial charge in [0.15, 0.2) is 23.5 Å². The average molecular weight is 705 g/mol. The maximum Gasteiger partial charge on any atom is 0.408 e. The van der Waals surface area contributed by atoms with E-state index in [0.717, 1.165) is 5.56 Å². The second-order valence-corrected chi connectivity index (χ2v) is 15.1. The molecule has 2 fully saturated rings. The molecule has 51 heavy (non-hydrogen) atoms. The lowest BCUT2D eigenvalue weighted by molar-refractivity contribution is -0.197. The Morgan fingerprint density at radius 3 is 2.43 bits per heavy atom. The molecule has 0 aliphatic carbocycles. The van der Waals surface area contributed by atoms with E-state index in [4.69, 9.17) is 29.4 Å². The van der Waals surface area contributed by atoms with Crippen LogP contribution in [0.5, 0.6) is 0 Å². The standard InChI is InChI=1S/C36H48N8O7/c1-34(2,3)50-32(45)24(42-33(46)51-35(4,5)6)15-17-43(16-9-10-22-11-13-23(18-37)14-12-22)19-25-27-28(49-36(7,8)48-27)31(47-25)44-21-41-26-29(38)39-20-40-30(26)44/h9-14,20-21,24-25,27-28,31H,15-17,19H2,1-8H3,(H,42,46)(H2,38,39,40)/b10-9+/t24-,25+,27+,28+,31+/m0/s1. The fourth-order valence-corrected chi connectivity index (χ4v) is 5.99. The number of amides is 1. The molecule has 5 rings (SSSR count). The molecule has 4 heterocycles. The number of hydrogen-bond acceptors (Lipinski definition) is 13. The summed E-state index contributed by atoms with van der Waals surface area (Å²) in [7, 11) is 0. The van der Waals surface area contributed by atoms with Gasteiger partial charge >= 0.3 is 12.1 Å². The van der Waals surface area contributed by atoms with Crippen molar-refractivity contribution in [1.29, 1.82) is 5.26 Å². The van der Waals surface area contributed by atoms with Gasteiger partial charge in [0, 0.05) is 19.6 Å². The van der Waals surface area contributed by atoms with Crippen molar-refractivity contribution < 1.29 is 33.3 Å². The van der Waals surface area contributed by atoms with Gasteiger partial charge in [-0.2, -0.15) is 5.26 Å². The maximum atomic E-state index is 13.4. The Balaban J connectivity index is 1.40. The molecule has 0 bridgehead atoms. The Bertz CT molecular complexity index is 1770. The van der Waals surface area contributed by atoms with Crippen molar-refractivity contribution in [2.24, 2.45) is 0 Å². The highest BCUT2D eigenvalue weighted by Gasteiger charge is 2.56. The second kappa shape index (κ2) is 14.9. The largest absolute Gasteiger partial charge is 0.458 e. The molecule has 1 aromatic carbocycles. The molecule has 2 aromatic heterocycles. The van der Waals surface area contributed by atoms with Crippen LogP contribution in [0.1, 0.15) is 79.2 Å². The fourth-order valence-electron chi connectivity index (χ4n) is 5.99. The van der Waals surface area contributed by atoms with Crippen molar-refractivity contribution in [2.45, 2.75) is 109 Å². The lowest BCUT2D eigenvalue weighted by atomic mass is 10.1. The number of anilines is 1. The Morgan fingerprint density at radius 1 is 1.08 bits per heavy atom. The third kappa shape index (κ3) is 9.79. The number of hydrogen-bond donors (Lipinski definition) is 2. The minimum Gasteiger partial charge on any atom is -0.458 e. The summed E-state index contributed by atoms with van der Waals surface area (Å²) in [6.45, 7) is 15.5. The van der Waals surface area contributed by atoms with Crippen molar-refractivity contribution in [1.82, 2.24) is 29.7 Å². The highest BCUT2D eigenvalue weighted by Crippen LogP contribution is 2.44. The van der Waals surface area contributed by atoms with E-state index in [9.17, 15) is 14.9 Å². The molecule has 0 saturated carbocycles. The molecule has 0 unspecified atom stereocenters. The molecule has 274 valence electrons. The van der Waals surface area contributed by atoms with E-state index in [1.54, 1.807) is 64.6 Å². The van der Waals surface area contributed by atoms with Crippen LogP contribution >= 0.6 is 0 Å².